The van der Waals surface area contributed by atoms with Gasteiger partial charge < -0.3 is 4.57 Å². The highest BCUT2D eigenvalue weighted by Gasteiger charge is 2.26. The molecular weight excluding hydrogens is 197 g/mol. The Morgan fingerprint density at radius 1 is 1.50 bits per heavy atom. The van der Waals surface area contributed by atoms with Crippen molar-refractivity contribution in [1.82, 2.24) is 9.55 Å². The number of carbonyl (C=O) groups excluding carboxylic acids is 1. The molecule has 0 unspecified atom stereocenters. The minimum atomic E-state index is -4.14. The van der Waals surface area contributed by atoms with Gasteiger partial charge in [-0.3, -0.25) is 4.79 Å². The highest BCUT2D eigenvalue weighted by Crippen LogP contribution is 2.21. The number of rotatable bonds is 4. The summed E-state index contributed by atoms with van der Waals surface area (Å²) >= 11 is 0. The molecule has 0 aliphatic heterocycles. The second kappa shape index (κ2) is 4.26. The first kappa shape index (κ1) is 10.7. The number of alkyl halides is 3. The number of aromatic nitrogens is 2. The molecule has 14 heavy (non-hydrogen) atoms. The Hall–Kier alpha value is -1.33. The molecule has 0 N–H and O–H groups in total. The van der Waals surface area contributed by atoms with E-state index in [1.807, 2.05) is 0 Å². The van der Waals surface area contributed by atoms with E-state index in [0.717, 1.165) is 0 Å². The third kappa shape index (κ3) is 3.20. The molecule has 3 nitrogen and oxygen atoms in total. The normalized spacial score (nSPS) is 11.6. The van der Waals surface area contributed by atoms with Gasteiger partial charge in [-0.25, -0.2) is 4.98 Å². The highest BCUT2D eigenvalue weighted by molar-refractivity contribution is 5.69. The largest absolute Gasteiger partial charge is 0.389 e. The van der Waals surface area contributed by atoms with E-state index in [4.69, 9.17) is 0 Å². The van der Waals surface area contributed by atoms with Gasteiger partial charge in [0.1, 0.15) is 0 Å². The number of halogens is 3. The van der Waals surface area contributed by atoms with Crippen LogP contribution in [0.1, 0.15) is 23.5 Å². The number of aldehydes is 1. The molecule has 0 saturated carbocycles. The minimum Gasteiger partial charge on any atom is -0.329 e. The molecule has 0 amide bonds. The molecule has 0 aliphatic rings. The Balaban J connectivity index is 2.42. The van der Waals surface area contributed by atoms with Gasteiger partial charge in [-0.1, -0.05) is 0 Å². The molecule has 1 aromatic heterocycles. The van der Waals surface area contributed by atoms with Crippen molar-refractivity contribution >= 4 is 6.29 Å². The summed E-state index contributed by atoms with van der Waals surface area (Å²) in [6.07, 6.45) is -1.63. The number of carbonyl (C=O) groups is 1. The molecule has 0 aliphatic carbocycles. The van der Waals surface area contributed by atoms with E-state index in [1.54, 1.807) is 0 Å². The summed E-state index contributed by atoms with van der Waals surface area (Å²) < 4.78 is 36.7. The summed E-state index contributed by atoms with van der Waals surface area (Å²) in [6, 6.07) is 0. The Morgan fingerprint density at radius 3 is 2.79 bits per heavy atom. The van der Waals surface area contributed by atoms with Crippen LogP contribution >= 0.6 is 0 Å². The van der Waals surface area contributed by atoms with E-state index in [1.165, 1.54) is 17.0 Å². The van der Waals surface area contributed by atoms with E-state index in [9.17, 15) is 18.0 Å². The van der Waals surface area contributed by atoms with Crippen LogP contribution < -0.4 is 0 Å². The Labute approximate surface area is 78.6 Å². The summed E-state index contributed by atoms with van der Waals surface area (Å²) in [4.78, 5) is 14.0. The number of hydrogen-bond donors (Lipinski definition) is 0. The smallest absolute Gasteiger partial charge is 0.329 e. The van der Waals surface area contributed by atoms with Crippen LogP contribution in [0.2, 0.25) is 0 Å². The molecule has 0 aromatic carbocycles. The van der Waals surface area contributed by atoms with Crippen LogP contribution in [0.3, 0.4) is 0 Å². The molecule has 0 bridgehead atoms. The molecular formula is C8H9F3N2O. The summed E-state index contributed by atoms with van der Waals surface area (Å²) in [6.45, 7) is 0.160. The van der Waals surface area contributed by atoms with Gasteiger partial charge in [0.25, 0.3) is 0 Å². The molecule has 0 atom stereocenters. The summed E-state index contributed by atoms with van der Waals surface area (Å²) in [7, 11) is 0. The van der Waals surface area contributed by atoms with Crippen LogP contribution in [0.4, 0.5) is 13.2 Å². The van der Waals surface area contributed by atoms with Crippen LogP contribution in [0.15, 0.2) is 12.4 Å². The third-order valence-corrected chi connectivity index (χ3v) is 1.71. The van der Waals surface area contributed by atoms with Crippen molar-refractivity contribution in [3.8, 4) is 0 Å². The van der Waals surface area contributed by atoms with Crippen molar-refractivity contribution in [2.75, 3.05) is 0 Å². The van der Waals surface area contributed by atoms with Crippen molar-refractivity contribution < 1.29 is 18.0 Å². The average Bonchev–Trinajstić information content (AvgIpc) is 2.49. The summed E-state index contributed by atoms with van der Waals surface area (Å²) in [5.74, 6) is 0.159. The lowest BCUT2D eigenvalue weighted by molar-refractivity contribution is -0.135. The molecule has 6 heteroatoms. The monoisotopic (exact) mass is 206 g/mol. The molecule has 1 aromatic rings. The number of imidazole rings is 1. The summed E-state index contributed by atoms with van der Waals surface area (Å²) in [5, 5.41) is 0. The van der Waals surface area contributed by atoms with Crippen molar-refractivity contribution in [2.45, 2.75) is 25.6 Å². The Morgan fingerprint density at radius 2 is 2.21 bits per heavy atom. The second-order valence-electron chi connectivity index (χ2n) is 2.82. The topological polar surface area (TPSA) is 34.9 Å². The van der Waals surface area contributed by atoms with Crippen LogP contribution in [-0.4, -0.2) is 22.0 Å². The molecule has 1 rings (SSSR count). The fraction of sp³-hybridized carbons (Fsp3) is 0.500. The van der Waals surface area contributed by atoms with Crippen molar-refractivity contribution in [3.05, 3.63) is 18.2 Å². The molecule has 0 spiro atoms. The SMILES string of the molecule is O=Cc1nccn1CCCC(F)(F)F. The third-order valence-electron chi connectivity index (χ3n) is 1.71. The first-order valence-electron chi connectivity index (χ1n) is 4.06. The van der Waals surface area contributed by atoms with E-state index < -0.39 is 12.6 Å². The molecule has 1 heterocycles. The van der Waals surface area contributed by atoms with Crippen LogP contribution in [0.5, 0.6) is 0 Å². The highest BCUT2D eigenvalue weighted by atomic mass is 19.4. The Bertz CT molecular complexity index is 306. The van der Waals surface area contributed by atoms with Crippen molar-refractivity contribution in [2.24, 2.45) is 0 Å². The van der Waals surface area contributed by atoms with Crippen LogP contribution in [-0.2, 0) is 6.54 Å². The van der Waals surface area contributed by atoms with Crippen molar-refractivity contribution in [1.29, 1.82) is 0 Å². The van der Waals surface area contributed by atoms with Gasteiger partial charge in [-0.15, -0.1) is 0 Å². The lowest BCUT2D eigenvalue weighted by Gasteiger charge is -2.06. The predicted octanol–water partition coefficient (Wildman–Crippen LogP) is 2.04. The standard InChI is InChI=1S/C8H9F3N2O/c9-8(10,11)2-1-4-13-5-3-12-7(13)6-14/h3,5-6H,1-2,4H2. The molecule has 78 valence electrons. The lowest BCUT2D eigenvalue weighted by atomic mass is 10.3. The summed E-state index contributed by atoms with van der Waals surface area (Å²) in [5.41, 5.74) is 0. The zero-order valence-corrected chi connectivity index (χ0v) is 7.29. The molecule has 0 radical (unpaired) electrons. The number of nitrogens with zero attached hydrogens (tertiary/aromatic N) is 2. The number of aryl methyl sites for hydroxylation is 1. The maximum absolute atomic E-state index is 11.8. The van der Waals surface area contributed by atoms with Gasteiger partial charge in [0, 0.05) is 25.4 Å². The fourth-order valence-corrected chi connectivity index (χ4v) is 1.08. The number of hydrogen-bond acceptors (Lipinski definition) is 2. The van der Waals surface area contributed by atoms with Crippen LogP contribution in [0, 0.1) is 0 Å². The van der Waals surface area contributed by atoms with E-state index in [2.05, 4.69) is 4.98 Å². The first-order valence-corrected chi connectivity index (χ1v) is 4.06. The fourth-order valence-electron chi connectivity index (χ4n) is 1.08. The maximum Gasteiger partial charge on any atom is 0.389 e. The first-order chi connectivity index (χ1) is 6.53. The van der Waals surface area contributed by atoms with Gasteiger partial charge in [-0.2, -0.15) is 13.2 Å². The van der Waals surface area contributed by atoms with Gasteiger partial charge in [0.05, 0.1) is 0 Å². The van der Waals surface area contributed by atoms with Gasteiger partial charge in [-0.05, 0) is 6.42 Å². The molecule has 0 saturated heterocycles. The van der Waals surface area contributed by atoms with Gasteiger partial charge in [0.15, 0.2) is 12.1 Å². The van der Waals surface area contributed by atoms with E-state index in [-0.39, 0.29) is 18.8 Å². The van der Waals surface area contributed by atoms with E-state index in [0.29, 0.717) is 6.29 Å². The minimum absolute atomic E-state index is 0.0410. The van der Waals surface area contributed by atoms with Gasteiger partial charge >= 0.3 is 6.18 Å². The van der Waals surface area contributed by atoms with Crippen LogP contribution in [0.25, 0.3) is 0 Å². The zero-order chi connectivity index (χ0) is 10.6. The zero-order valence-electron chi connectivity index (χ0n) is 7.29. The Kier molecular flexibility index (Phi) is 3.27. The quantitative estimate of drug-likeness (QED) is 0.706. The maximum atomic E-state index is 11.8. The molecule has 0 fully saturated rings. The lowest BCUT2D eigenvalue weighted by Crippen LogP contribution is -2.10. The van der Waals surface area contributed by atoms with Gasteiger partial charge in [0.2, 0.25) is 0 Å². The van der Waals surface area contributed by atoms with E-state index >= 15 is 0 Å². The average molecular weight is 206 g/mol. The van der Waals surface area contributed by atoms with Crippen molar-refractivity contribution in [3.63, 3.8) is 0 Å². The predicted molar refractivity (Wildman–Crippen MR) is 42.9 cm³/mol. The second-order valence-corrected chi connectivity index (χ2v) is 2.82.